The summed E-state index contributed by atoms with van der Waals surface area (Å²) in [5, 5.41) is 16.7. The third kappa shape index (κ3) is 4.46. The molecule has 0 aromatic rings. The zero-order chi connectivity index (χ0) is 16.9. The van der Waals surface area contributed by atoms with Gasteiger partial charge in [-0.1, -0.05) is 12.8 Å². The van der Waals surface area contributed by atoms with Crippen molar-refractivity contribution in [2.75, 3.05) is 26.8 Å². The first-order valence-corrected chi connectivity index (χ1v) is 9.15. The Morgan fingerprint density at radius 3 is 2.79 bits per heavy atom. The number of carbonyl (C=O) groups is 1. The molecule has 5 atom stereocenters. The lowest BCUT2D eigenvalue weighted by atomic mass is 10.1. The van der Waals surface area contributed by atoms with Gasteiger partial charge in [-0.05, 0) is 12.8 Å². The number of hydrogen-bond acceptors (Lipinski definition) is 6. The molecule has 0 aromatic carbocycles. The predicted molar refractivity (Wildman–Crippen MR) is 87.7 cm³/mol. The number of fused-ring (bicyclic) bond motifs is 1. The van der Waals surface area contributed by atoms with Gasteiger partial charge in [0.05, 0.1) is 31.3 Å². The molecule has 1 aliphatic carbocycles. The first-order valence-electron chi connectivity index (χ1n) is 9.15. The second-order valence-electron chi connectivity index (χ2n) is 7.10. The summed E-state index contributed by atoms with van der Waals surface area (Å²) in [6, 6.07) is 0.561. The van der Waals surface area contributed by atoms with Crippen molar-refractivity contribution in [1.82, 2.24) is 10.6 Å². The van der Waals surface area contributed by atoms with E-state index in [0.717, 1.165) is 0 Å². The molecule has 0 unspecified atom stereocenters. The summed E-state index contributed by atoms with van der Waals surface area (Å²) in [5.41, 5.74) is 0. The van der Waals surface area contributed by atoms with E-state index in [1.165, 1.54) is 25.7 Å². The number of rotatable bonds is 8. The van der Waals surface area contributed by atoms with Gasteiger partial charge < -0.3 is 30.0 Å². The Balaban J connectivity index is 1.38. The van der Waals surface area contributed by atoms with Crippen LogP contribution in [0.3, 0.4) is 0 Å². The fraction of sp³-hybridized carbons (Fsp3) is 0.941. The highest BCUT2D eigenvalue weighted by atomic mass is 16.6. The Labute approximate surface area is 143 Å². The Morgan fingerprint density at radius 2 is 2.08 bits per heavy atom. The van der Waals surface area contributed by atoms with Gasteiger partial charge in [-0.15, -0.1) is 0 Å². The fourth-order valence-electron chi connectivity index (χ4n) is 3.99. The molecule has 0 aromatic heterocycles. The number of ether oxygens (including phenoxy) is 3. The molecule has 7 heteroatoms. The lowest BCUT2D eigenvalue weighted by Crippen LogP contribution is -2.41. The molecular formula is C17H30N2O5. The summed E-state index contributed by atoms with van der Waals surface area (Å²) in [6.07, 6.45) is 4.55. The summed E-state index contributed by atoms with van der Waals surface area (Å²) >= 11 is 0. The van der Waals surface area contributed by atoms with E-state index in [2.05, 4.69) is 10.6 Å². The van der Waals surface area contributed by atoms with E-state index in [1.54, 1.807) is 7.11 Å². The van der Waals surface area contributed by atoms with Gasteiger partial charge in [0, 0.05) is 32.7 Å². The first kappa shape index (κ1) is 18.1. The molecule has 2 heterocycles. The van der Waals surface area contributed by atoms with Crippen molar-refractivity contribution in [3.05, 3.63) is 0 Å². The lowest BCUT2D eigenvalue weighted by molar-refractivity contribution is -0.124. The minimum Gasteiger partial charge on any atom is -0.388 e. The van der Waals surface area contributed by atoms with E-state index in [0.29, 0.717) is 38.6 Å². The van der Waals surface area contributed by atoms with E-state index in [4.69, 9.17) is 14.2 Å². The lowest BCUT2D eigenvalue weighted by Gasteiger charge is -2.21. The largest absolute Gasteiger partial charge is 0.388 e. The number of nitrogens with one attached hydrogen (secondary N) is 2. The number of methoxy groups -OCH3 is 1. The van der Waals surface area contributed by atoms with Crippen molar-refractivity contribution in [2.24, 2.45) is 0 Å². The minimum atomic E-state index is -0.620. The molecule has 3 N–H and O–H groups in total. The Hall–Kier alpha value is -0.730. The zero-order valence-corrected chi connectivity index (χ0v) is 14.4. The standard InChI is InChI=1S/C17H30N2O5/c1-22-7-6-18-15(20)9-12-8-13-17(23-12)16(21)14(24-13)10-19-11-4-2-3-5-11/h11-14,16-17,19,21H,2-10H2,1H3,(H,18,20)/t12-,13+,14+,16+,17-/m0/s1. The Kier molecular flexibility index (Phi) is 6.46. The van der Waals surface area contributed by atoms with Crippen LogP contribution in [0, 0.1) is 0 Å². The first-order chi connectivity index (χ1) is 11.7. The normalized spacial score (nSPS) is 36.2. The molecule has 24 heavy (non-hydrogen) atoms. The van der Waals surface area contributed by atoms with Crippen LogP contribution >= 0.6 is 0 Å². The highest BCUT2D eigenvalue weighted by Gasteiger charge is 2.50. The Bertz CT molecular complexity index is 416. The van der Waals surface area contributed by atoms with Crippen LogP contribution in [0.1, 0.15) is 38.5 Å². The highest BCUT2D eigenvalue weighted by molar-refractivity contribution is 5.76. The highest BCUT2D eigenvalue weighted by Crippen LogP contribution is 2.35. The molecule has 1 saturated carbocycles. The van der Waals surface area contributed by atoms with Gasteiger partial charge in [-0.2, -0.15) is 0 Å². The van der Waals surface area contributed by atoms with E-state index in [9.17, 15) is 9.90 Å². The topological polar surface area (TPSA) is 89.1 Å². The van der Waals surface area contributed by atoms with Crippen molar-refractivity contribution in [1.29, 1.82) is 0 Å². The van der Waals surface area contributed by atoms with Gasteiger partial charge in [0.1, 0.15) is 12.2 Å². The van der Waals surface area contributed by atoms with Gasteiger partial charge in [0.25, 0.3) is 0 Å². The molecule has 3 rings (SSSR count). The van der Waals surface area contributed by atoms with E-state index in [1.807, 2.05) is 0 Å². The summed E-state index contributed by atoms with van der Waals surface area (Å²) in [5.74, 6) is -0.0500. The van der Waals surface area contributed by atoms with Crippen molar-refractivity contribution in [3.63, 3.8) is 0 Å². The SMILES string of the molecule is COCCNC(=O)C[C@@H]1C[C@H]2O[C@H](CNC3CCCC3)[C@@H](O)[C@H]2O1. The van der Waals surface area contributed by atoms with Crippen molar-refractivity contribution < 1.29 is 24.1 Å². The van der Waals surface area contributed by atoms with Crippen molar-refractivity contribution in [3.8, 4) is 0 Å². The number of aliphatic hydroxyl groups is 1. The van der Waals surface area contributed by atoms with E-state index >= 15 is 0 Å². The molecule has 7 nitrogen and oxygen atoms in total. The van der Waals surface area contributed by atoms with Gasteiger partial charge in [0.2, 0.25) is 5.91 Å². The summed E-state index contributed by atoms with van der Waals surface area (Å²) in [4.78, 5) is 11.8. The molecular weight excluding hydrogens is 312 g/mol. The van der Waals surface area contributed by atoms with E-state index in [-0.39, 0.29) is 30.3 Å². The third-order valence-corrected chi connectivity index (χ3v) is 5.28. The van der Waals surface area contributed by atoms with Crippen molar-refractivity contribution >= 4 is 5.91 Å². The second-order valence-corrected chi connectivity index (χ2v) is 7.10. The van der Waals surface area contributed by atoms with Gasteiger partial charge in [-0.25, -0.2) is 0 Å². The van der Waals surface area contributed by atoms with Crippen LogP contribution in [-0.4, -0.2) is 74.4 Å². The summed E-state index contributed by atoms with van der Waals surface area (Å²) in [6.45, 7) is 1.67. The predicted octanol–water partition coefficient (Wildman–Crippen LogP) is -0.0429. The van der Waals surface area contributed by atoms with Crippen LogP contribution in [0.15, 0.2) is 0 Å². The minimum absolute atomic E-state index is 0.0500. The van der Waals surface area contributed by atoms with E-state index < -0.39 is 6.10 Å². The van der Waals surface area contributed by atoms with Crippen molar-refractivity contribution in [2.45, 2.75) is 75.1 Å². The second kappa shape index (κ2) is 8.58. The maximum Gasteiger partial charge on any atom is 0.222 e. The molecule has 3 aliphatic rings. The van der Waals surface area contributed by atoms with Crippen LogP contribution in [0.2, 0.25) is 0 Å². The van der Waals surface area contributed by atoms with Crippen LogP contribution in [-0.2, 0) is 19.0 Å². The number of hydrogen-bond donors (Lipinski definition) is 3. The molecule has 2 aliphatic heterocycles. The van der Waals surface area contributed by atoms with Crippen LogP contribution in [0.25, 0.3) is 0 Å². The number of carbonyl (C=O) groups excluding carboxylic acids is 1. The van der Waals surface area contributed by atoms with Crippen LogP contribution in [0.5, 0.6) is 0 Å². The Morgan fingerprint density at radius 1 is 1.29 bits per heavy atom. The van der Waals surface area contributed by atoms with Crippen LogP contribution in [0.4, 0.5) is 0 Å². The van der Waals surface area contributed by atoms with Gasteiger partial charge in [0.15, 0.2) is 0 Å². The van der Waals surface area contributed by atoms with Crippen LogP contribution < -0.4 is 10.6 Å². The average molecular weight is 342 g/mol. The summed E-state index contributed by atoms with van der Waals surface area (Å²) in [7, 11) is 1.60. The molecule has 1 amide bonds. The van der Waals surface area contributed by atoms with Gasteiger partial charge >= 0.3 is 0 Å². The molecule has 0 radical (unpaired) electrons. The third-order valence-electron chi connectivity index (χ3n) is 5.28. The fourth-order valence-corrected chi connectivity index (χ4v) is 3.99. The molecule has 138 valence electrons. The smallest absolute Gasteiger partial charge is 0.222 e. The zero-order valence-electron chi connectivity index (χ0n) is 14.4. The molecule has 0 bridgehead atoms. The number of amides is 1. The summed E-state index contributed by atoms with van der Waals surface area (Å²) < 4.78 is 16.8. The maximum atomic E-state index is 11.8. The molecule has 2 saturated heterocycles. The number of aliphatic hydroxyl groups excluding tert-OH is 1. The molecule has 3 fully saturated rings. The quantitative estimate of drug-likeness (QED) is 0.536. The molecule has 0 spiro atoms. The maximum absolute atomic E-state index is 11.8. The van der Waals surface area contributed by atoms with Gasteiger partial charge in [-0.3, -0.25) is 4.79 Å². The average Bonchev–Trinajstić information content (AvgIpc) is 3.25. The monoisotopic (exact) mass is 342 g/mol.